The predicted molar refractivity (Wildman–Crippen MR) is 74.6 cm³/mol. The lowest BCUT2D eigenvalue weighted by molar-refractivity contribution is 0.0764. The molecule has 0 unspecified atom stereocenters. The maximum atomic E-state index is 12.3. The van der Waals surface area contributed by atoms with Gasteiger partial charge in [0.1, 0.15) is 5.82 Å². The molecule has 1 rings (SSSR count). The third kappa shape index (κ3) is 3.45. The molecule has 0 atom stereocenters. The van der Waals surface area contributed by atoms with Gasteiger partial charge in [0.2, 0.25) is 0 Å². The van der Waals surface area contributed by atoms with Crippen molar-refractivity contribution >= 4 is 11.7 Å². The van der Waals surface area contributed by atoms with E-state index in [1.807, 2.05) is 31.7 Å². The number of nitrogen functional groups attached to an aromatic ring is 1. The Balaban J connectivity index is 3.04. The average molecular weight is 249 g/mol. The van der Waals surface area contributed by atoms with Gasteiger partial charge in [-0.3, -0.25) is 4.79 Å². The highest BCUT2D eigenvalue weighted by atomic mass is 16.2. The number of hydrogen-bond acceptors (Lipinski definition) is 3. The second-order valence-electron chi connectivity index (χ2n) is 4.75. The number of hydrogen-bond donors (Lipinski definition) is 1. The molecule has 4 nitrogen and oxygen atoms in total. The summed E-state index contributed by atoms with van der Waals surface area (Å²) in [5.74, 6) is 0.716. The second kappa shape index (κ2) is 6.38. The van der Waals surface area contributed by atoms with Crippen molar-refractivity contribution in [2.24, 2.45) is 0 Å². The van der Waals surface area contributed by atoms with Crippen LogP contribution in [0.3, 0.4) is 0 Å². The van der Waals surface area contributed by atoms with E-state index < -0.39 is 0 Å². The molecular weight excluding hydrogens is 226 g/mol. The van der Waals surface area contributed by atoms with Crippen LogP contribution in [0.15, 0.2) is 12.1 Å². The Morgan fingerprint density at radius 3 is 2.56 bits per heavy atom. The summed E-state index contributed by atoms with van der Waals surface area (Å²) in [4.78, 5) is 18.4. The topological polar surface area (TPSA) is 59.2 Å². The zero-order valence-electron chi connectivity index (χ0n) is 11.7. The highest BCUT2D eigenvalue weighted by molar-refractivity contribution is 5.95. The van der Waals surface area contributed by atoms with Gasteiger partial charge in [0.25, 0.3) is 5.91 Å². The molecule has 0 saturated heterocycles. The predicted octanol–water partition coefficient (Wildman–Crippen LogP) is 2.66. The van der Waals surface area contributed by atoms with Crippen molar-refractivity contribution in [1.29, 1.82) is 0 Å². The number of rotatable bonds is 5. The highest BCUT2D eigenvalue weighted by Gasteiger charge is 2.15. The minimum Gasteiger partial charge on any atom is -0.384 e. The van der Waals surface area contributed by atoms with Gasteiger partial charge in [-0.2, -0.15) is 0 Å². The van der Waals surface area contributed by atoms with Gasteiger partial charge in [-0.1, -0.05) is 20.8 Å². The van der Waals surface area contributed by atoms with Crippen molar-refractivity contribution in [3.8, 4) is 0 Å². The summed E-state index contributed by atoms with van der Waals surface area (Å²) in [7, 11) is 0. The lowest BCUT2D eigenvalue weighted by Gasteiger charge is -2.20. The first-order chi connectivity index (χ1) is 8.49. The molecule has 0 spiro atoms. The largest absolute Gasteiger partial charge is 0.384 e. The molecule has 0 aliphatic carbocycles. The smallest absolute Gasteiger partial charge is 0.254 e. The molecule has 100 valence electrons. The SMILES string of the molecule is CCCN(CC)C(=O)c1cc(N)nc(C(C)C)c1. The Bertz CT molecular complexity index is 416. The minimum atomic E-state index is 0.0374. The van der Waals surface area contributed by atoms with E-state index in [0.29, 0.717) is 17.9 Å². The maximum Gasteiger partial charge on any atom is 0.254 e. The quantitative estimate of drug-likeness (QED) is 0.872. The van der Waals surface area contributed by atoms with E-state index >= 15 is 0 Å². The number of aromatic nitrogens is 1. The zero-order chi connectivity index (χ0) is 13.7. The van der Waals surface area contributed by atoms with Crippen LogP contribution in [-0.4, -0.2) is 28.9 Å². The molecular formula is C14H23N3O. The molecule has 0 aliphatic heterocycles. The third-order valence-corrected chi connectivity index (χ3v) is 2.87. The first kappa shape index (κ1) is 14.5. The highest BCUT2D eigenvalue weighted by Crippen LogP contribution is 2.17. The van der Waals surface area contributed by atoms with Crippen LogP contribution in [0.5, 0.6) is 0 Å². The molecule has 1 heterocycles. The number of nitrogens with zero attached hydrogens (tertiary/aromatic N) is 2. The van der Waals surface area contributed by atoms with Crippen LogP contribution in [-0.2, 0) is 0 Å². The van der Waals surface area contributed by atoms with Crippen molar-refractivity contribution in [3.05, 3.63) is 23.4 Å². The maximum absolute atomic E-state index is 12.3. The summed E-state index contributed by atoms with van der Waals surface area (Å²) >= 11 is 0. The number of carbonyl (C=O) groups excluding carboxylic acids is 1. The Kier molecular flexibility index (Phi) is 5.13. The van der Waals surface area contributed by atoms with E-state index in [2.05, 4.69) is 11.9 Å². The zero-order valence-corrected chi connectivity index (χ0v) is 11.7. The van der Waals surface area contributed by atoms with Crippen LogP contribution in [0.4, 0.5) is 5.82 Å². The molecule has 0 radical (unpaired) electrons. The lowest BCUT2D eigenvalue weighted by atomic mass is 10.1. The summed E-state index contributed by atoms with van der Waals surface area (Å²) in [6.45, 7) is 9.62. The minimum absolute atomic E-state index is 0.0374. The van der Waals surface area contributed by atoms with Gasteiger partial charge in [0.05, 0.1) is 0 Å². The molecule has 1 aromatic rings. The van der Waals surface area contributed by atoms with Crippen LogP contribution >= 0.6 is 0 Å². The van der Waals surface area contributed by atoms with Crippen molar-refractivity contribution < 1.29 is 4.79 Å². The molecule has 1 aromatic heterocycles. The second-order valence-corrected chi connectivity index (χ2v) is 4.75. The van der Waals surface area contributed by atoms with Gasteiger partial charge in [-0.05, 0) is 31.4 Å². The van der Waals surface area contributed by atoms with Crippen LogP contribution in [0.1, 0.15) is 56.1 Å². The number of anilines is 1. The molecule has 18 heavy (non-hydrogen) atoms. The fourth-order valence-corrected chi connectivity index (χ4v) is 1.85. The van der Waals surface area contributed by atoms with E-state index in [4.69, 9.17) is 5.73 Å². The van der Waals surface area contributed by atoms with Crippen molar-refractivity contribution in [2.45, 2.75) is 40.0 Å². The Morgan fingerprint density at radius 1 is 1.39 bits per heavy atom. The van der Waals surface area contributed by atoms with Gasteiger partial charge in [0, 0.05) is 24.3 Å². The van der Waals surface area contributed by atoms with Crippen LogP contribution in [0.25, 0.3) is 0 Å². The van der Waals surface area contributed by atoms with E-state index in [1.165, 1.54) is 0 Å². The normalized spacial score (nSPS) is 10.7. The molecule has 0 aromatic carbocycles. The summed E-state index contributed by atoms with van der Waals surface area (Å²) in [5.41, 5.74) is 7.28. The number of pyridine rings is 1. The molecule has 2 N–H and O–H groups in total. The van der Waals surface area contributed by atoms with E-state index in [0.717, 1.165) is 18.7 Å². The first-order valence-electron chi connectivity index (χ1n) is 6.56. The van der Waals surface area contributed by atoms with Crippen molar-refractivity contribution in [2.75, 3.05) is 18.8 Å². The van der Waals surface area contributed by atoms with Crippen LogP contribution in [0.2, 0.25) is 0 Å². The fourth-order valence-electron chi connectivity index (χ4n) is 1.85. The van der Waals surface area contributed by atoms with Crippen molar-refractivity contribution in [1.82, 2.24) is 9.88 Å². The van der Waals surface area contributed by atoms with Gasteiger partial charge < -0.3 is 10.6 Å². The Hall–Kier alpha value is -1.58. The standard InChI is InChI=1S/C14H23N3O/c1-5-7-17(6-2)14(18)11-8-12(10(3)4)16-13(15)9-11/h8-10H,5-7H2,1-4H3,(H2,15,16). The average Bonchev–Trinajstić information content (AvgIpc) is 2.34. The molecule has 0 fully saturated rings. The van der Waals surface area contributed by atoms with E-state index in [-0.39, 0.29) is 11.8 Å². The summed E-state index contributed by atoms with van der Waals surface area (Å²) in [6, 6.07) is 3.51. The molecule has 0 bridgehead atoms. The van der Waals surface area contributed by atoms with E-state index in [9.17, 15) is 4.79 Å². The van der Waals surface area contributed by atoms with Gasteiger partial charge in [-0.15, -0.1) is 0 Å². The van der Waals surface area contributed by atoms with Gasteiger partial charge >= 0.3 is 0 Å². The number of nitrogens with two attached hydrogens (primary N) is 1. The Labute approximate surface area is 109 Å². The monoisotopic (exact) mass is 249 g/mol. The summed E-state index contributed by atoms with van der Waals surface area (Å²) in [6.07, 6.45) is 0.956. The molecule has 0 aliphatic rings. The number of carbonyl (C=O) groups is 1. The number of amides is 1. The molecule has 4 heteroatoms. The Morgan fingerprint density at radius 2 is 2.06 bits per heavy atom. The van der Waals surface area contributed by atoms with Crippen molar-refractivity contribution in [3.63, 3.8) is 0 Å². The first-order valence-corrected chi connectivity index (χ1v) is 6.56. The van der Waals surface area contributed by atoms with Crippen LogP contribution < -0.4 is 5.73 Å². The van der Waals surface area contributed by atoms with Gasteiger partial charge in [-0.25, -0.2) is 4.98 Å². The third-order valence-electron chi connectivity index (χ3n) is 2.87. The lowest BCUT2D eigenvalue weighted by Crippen LogP contribution is -2.31. The van der Waals surface area contributed by atoms with E-state index in [1.54, 1.807) is 6.07 Å². The molecule has 0 saturated carbocycles. The van der Waals surface area contributed by atoms with Crippen LogP contribution in [0, 0.1) is 0 Å². The van der Waals surface area contributed by atoms with Gasteiger partial charge in [0.15, 0.2) is 0 Å². The fraction of sp³-hybridized carbons (Fsp3) is 0.571. The summed E-state index contributed by atoms with van der Waals surface area (Å²) < 4.78 is 0. The molecule has 1 amide bonds. The summed E-state index contributed by atoms with van der Waals surface area (Å²) in [5, 5.41) is 0.